The molecule has 0 aromatic heterocycles. The molecule has 2 aromatic rings. The lowest BCUT2D eigenvalue weighted by Crippen LogP contribution is -2.62. The lowest BCUT2D eigenvalue weighted by Gasteiger charge is -2.42. The monoisotopic (exact) mass is 594 g/mol. The predicted octanol–water partition coefficient (Wildman–Crippen LogP) is -1.05. The average molecular weight is 595 g/mol. The van der Waals surface area contributed by atoms with Gasteiger partial charge in [-0.3, -0.25) is 4.79 Å². The van der Waals surface area contributed by atoms with Gasteiger partial charge in [0.2, 0.25) is 6.29 Å². The molecule has 2 aromatic carbocycles. The summed E-state index contributed by atoms with van der Waals surface area (Å²) in [5.41, 5.74) is -1.45. The Morgan fingerprint density at radius 3 is 2.33 bits per heavy atom. The predicted molar refractivity (Wildman–Crippen MR) is 142 cm³/mol. The van der Waals surface area contributed by atoms with Gasteiger partial charge in [0.05, 0.1) is 34.0 Å². The van der Waals surface area contributed by atoms with Gasteiger partial charge in [0, 0.05) is 12.1 Å². The molecule has 2 heterocycles. The quantitative estimate of drug-likeness (QED) is 0.122. The largest absolute Gasteiger partial charge is 0.507 e. The van der Waals surface area contributed by atoms with Crippen LogP contribution in [0.5, 0.6) is 23.0 Å². The summed E-state index contributed by atoms with van der Waals surface area (Å²) >= 11 is 0. The fourth-order valence-corrected chi connectivity index (χ4v) is 4.51. The van der Waals surface area contributed by atoms with Crippen LogP contribution in [-0.4, -0.2) is 124 Å². The average Bonchev–Trinajstić information content (AvgIpc) is 3.28. The normalized spacial score (nSPS) is 31.3. The molecule has 14 nitrogen and oxygen atoms in total. The molecule has 2 aliphatic heterocycles. The first kappa shape index (κ1) is 31.6. The van der Waals surface area contributed by atoms with Gasteiger partial charge < -0.3 is 64.2 Å². The number of benzene rings is 2. The van der Waals surface area contributed by atoms with E-state index >= 15 is 0 Å². The molecule has 0 bridgehead atoms. The molecule has 0 radical (unpaired) electrons. The van der Waals surface area contributed by atoms with Crippen LogP contribution in [-0.2, 0) is 14.2 Å². The number of aromatic hydroxyl groups is 1. The van der Waals surface area contributed by atoms with Crippen molar-refractivity contribution in [2.75, 3.05) is 34.0 Å². The summed E-state index contributed by atoms with van der Waals surface area (Å²) in [5, 5.41) is 70.9. The second-order valence-corrected chi connectivity index (χ2v) is 9.80. The molecule has 0 aliphatic carbocycles. The third kappa shape index (κ3) is 6.52. The molecule has 0 saturated carbocycles. The Hall–Kier alpha value is -3.31. The molecule has 42 heavy (non-hydrogen) atoms. The highest BCUT2D eigenvalue weighted by molar-refractivity contribution is 6.10. The molecule has 2 saturated heterocycles. The zero-order valence-corrected chi connectivity index (χ0v) is 22.8. The molecule has 8 atom stereocenters. The van der Waals surface area contributed by atoms with Crippen LogP contribution < -0.4 is 14.2 Å². The van der Waals surface area contributed by atoms with Crippen molar-refractivity contribution in [3.63, 3.8) is 0 Å². The molecule has 7 N–H and O–H groups in total. The van der Waals surface area contributed by atoms with Gasteiger partial charge in [0.15, 0.2) is 18.2 Å². The number of rotatable bonds is 11. The molecule has 0 amide bonds. The summed E-state index contributed by atoms with van der Waals surface area (Å²) in [7, 11) is 2.78. The van der Waals surface area contributed by atoms with E-state index in [1.807, 2.05) is 0 Å². The minimum Gasteiger partial charge on any atom is -0.507 e. The summed E-state index contributed by atoms with van der Waals surface area (Å²) in [6.07, 6.45) is -7.75. The number of hydrogen-bond acceptors (Lipinski definition) is 14. The first-order valence-corrected chi connectivity index (χ1v) is 12.9. The number of carbonyl (C=O) groups is 1. The third-order valence-electron chi connectivity index (χ3n) is 7.01. The van der Waals surface area contributed by atoms with Crippen LogP contribution in [0.1, 0.15) is 15.9 Å². The molecular weight excluding hydrogens is 560 g/mol. The number of allylic oxidation sites excluding steroid dienone is 1. The van der Waals surface area contributed by atoms with Crippen LogP contribution in [0.25, 0.3) is 6.08 Å². The van der Waals surface area contributed by atoms with Crippen molar-refractivity contribution in [3.8, 4) is 23.0 Å². The van der Waals surface area contributed by atoms with Crippen molar-refractivity contribution < 1.29 is 69.0 Å². The Bertz CT molecular complexity index is 1250. The first-order chi connectivity index (χ1) is 20.0. The molecule has 2 fully saturated rings. The van der Waals surface area contributed by atoms with E-state index in [1.165, 1.54) is 50.6 Å². The molecule has 14 heteroatoms. The fraction of sp³-hybridized carbons (Fsp3) is 0.464. The van der Waals surface area contributed by atoms with E-state index in [4.69, 9.17) is 28.4 Å². The van der Waals surface area contributed by atoms with Gasteiger partial charge in [-0.2, -0.15) is 0 Å². The molecule has 2 aliphatic rings. The fourth-order valence-electron chi connectivity index (χ4n) is 4.51. The van der Waals surface area contributed by atoms with Crippen LogP contribution in [0.3, 0.4) is 0 Å². The van der Waals surface area contributed by atoms with Crippen LogP contribution in [0.4, 0.5) is 0 Å². The molecule has 0 spiro atoms. The number of aliphatic hydroxyl groups excluding tert-OH is 5. The topological polar surface area (TPSA) is 214 Å². The molecule has 230 valence electrons. The van der Waals surface area contributed by atoms with E-state index in [0.717, 1.165) is 0 Å². The van der Waals surface area contributed by atoms with Crippen molar-refractivity contribution in [1.82, 2.24) is 0 Å². The van der Waals surface area contributed by atoms with Crippen LogP contribution in [0.15, 0.2) is 42.5 Å². The second kappa shape index (κ2) is 13.3. The minimum absolute atomic E-state index is 0.0389. The van der Waals surface area contributed by atoms with Crippen molar-refractivity contribution in [2.45, 2.75) is 48.7 Å². The minimum atomic E-state index is -1.99. The Morgan fingerprint density at radius 1 is 1.02 bits per heavy atom. The maximum Gasteiger partial charge on any atom is 0.229 e. The number of hydrogen-bond donors (Lipinski definition) is 7. The van der Waals surface area contributed by atoms with Gasteiger partial charge in [-0.25, -0.2) is 0 Å². The smallest absolute Gasteiger partial charge is 0.229 e. The number of carbonyl (C=O) groups excluding carboxylic acids is 1. The third-order valence-corrected chi connectivity index (χ3v) is 7.01. The second-order valence-electron chi connectivity index (χ2n) is 9.80. The van der Waals surface area contributed by atoms with E-state index in [2.05, 4.69) is 0 Å². The van der Waals surface area contributed by atoms with E-state index in [-0.39, 0.29) is 22.8 Å². The number of ketones is 1. The summed E-state index contributed by atoms with van der Waals surface area (Å²) in [5.74, 6) is -0.152. The van der Waals surface area contributed by atoms with E-state index in [0.29, 0.717) is 11.3 Å². The zero-order valence-electron chi connectivity index (χ0n) is 22.8. The summed E-state index contributed by atoms with van der Waals surface area (Å²) < 4.78 is 32.6. The molecule has 8 unspecified atom stereocenters. The summed E-state index contributed by atoms with van der Waals surface area (Å²) in [6, 6.07) is 9.01. The van der Waals surface area contributed by atoms with Crippen LogP contribution in [0.2, 0.25) is 0 Å². The Labute approximate surface area is 240 Å². The van der Waals surface area contributed by atoms with Gasteiger partial charge in [-0.05, 0) is 23.8 Å². The highest BCUT2D eigenvalue weighted by Gasteiger charge is 2.53. The Kier molecular flexibility index (Phi) is 10.0. The standard InChI is InChI=1S/C28H34O14/c1-37-16-9-18(32)21(19(10-16)38-2)17(31)8-5-14-3-6-15(7-4-14)40-26-24(23(34)22(33)20(11-29)41-26)42-27-25(35)28(36,12-30)13-39-27/h3-10,20,22-27,29-30,32-36H,11-13H2,1-2H3/b8-5+. The van der Waals surface area contributed by atoms with Crippen molar-refractivity contribution >= 4 is 11.9 Å². The maximum atomic E-state index is 12.8. The first-order valence-electron chi connectivity index (χ1n) is 12.9. The van der Waals surface area contributed by atoms with E-state index in [9.17, 15) is 40.5 Å². The van der Waals surface area contributed by atoms with Crippen molar-refractivity contribution in [1.29, 1.82) is 0 Å². The zero-order chi connectivity index (χ0) is 30.6. The SMILES string of the molecule is COc1cc(O)c(C(=O)/C=C/c2ccc(OC3OC(CO)C(O)C(O)C3OC3OCC(O)(CO)C3O)cc2)c(OC)c1. The van der Waals surface area contributed by atoms with Gasteiger partial charge in [0.25, 0.3) is 0 Å². The number of phenols is 1. The number of methoxy groups -OCH3 is 2. The van der Waals surface area contributed by atoms with Gasteiger partial charge >= 0.3 is 0 Å². The van der Waals surface area contributed by atoms with E-state index in [1.54, 1.807) is 12.1 Å². The molecule has 4 rings (SSSR count). The lowest BCUT2D eigenvalue weighted by molar-refractivity contribution is -0.318. The van der Waals surface area contributed by atoms with Gasteiger partial charge in [0.1, 0.15) is 58.6 Å². The summed E-state index contributed by atoms with van der Waals surface area (Å²) in [6.45, 7) is -1.91. The number of aliphatic hydroxyl groups is 6. The number of phenolic OH excluding ortho intramolecular Hbond substituents is 1. The van der Waals surface area contributed by atoms with Crippen molar-refractivity contribution in [3.05, 3.63) is 53.6 Å². The van der Waals surface area contributed by atoms with E-state index < -0.39 is 74.3 Å². The Morgan fingerprint density at radius 2 is 1.74 bits per heavy atom. The Balaban J connectivity index is 1.48. The van der Waals surface area contributed by atoms with Gasteiger partial charge in [-0.15, -0.1) is 0 Å². The highest BCUT2D eigenvalue weighted by Crippen LogP contribution is 2.34. The van der Waals surface area contributed by atoms with Crippen LogP contribution in [0, 0.1) is 0 Å². The lowest BCUT2D eigenvalue weighted by atomic mass is 9.98. The summed E-state index contributed by atoms with van der Waals surface area (Å²) in [4.78, 5) is 12.8. The number of ether oxygens (including phenoxy) is 6. The molecular formula is C28H34O14. The maximum absolute atomic E-state index is 12.8. The van der Waals surface area contributed by atoms with Gasteiger partial charge in [-0.1, -0.05) is 18.2 Å². The van der Waals surface area contributed by atoms with Crippen LogP contribution >= 0.6 is 0 Å². The highest BCUT2D eigenvalue weighted by atomic mass is 16.8. The van der Waals surface area contributed by atoms with Crippen molar-refractivity contribution in [2.24, 2.45) is 0 Å².